The summed E-state index contributed by atoms with van der Waals surface area (Å²) >= 11 is 3.28. The van der Waals surface area contributed by atoms with Crippen molar-refractivity contribution in [2.75, 3.05) is 6.61 Å². The van der Waals surface area contributed by atoms with Gasteiger partial charge in [0.15, 0.2) is 0 Å². The Balaban J connectivity index is 2.28. The van der Waals surface area contributed by atoms with Crippen molar-refractivity contribution in [1.29, 1.82) is 0 Å². The molecule has 0 aliphatic rings. The molecule has 3 nitrogen and oxygen atoms in total. The maximum atomic E-state index is 11.9. The van der Waals surface area contributed by atoms with Crippen molar-refractivity contribution in [1.82, 2.24) is 9.97 Å². The summed E-state index contributed by atoms with van der Waals surface area (Å²) in [6.07, 6.45) is -0.937. The van der Waals surface area contributed by atoms with E-state index in [-0.39, 0.29) is 0 Å². The van der Waals surface area contributed by atoms with Gasteiger partial charge in [-0.1, -0.05) is 0 Å². The van der Waals surface area contributed by atoms with Gasteiger partial charge in [-0.25, -0.2) is 13.8 Å². The normalized spacial score (nSPS) is 11.2. The molecule has 0 aliphatic carbocycles. The zero-order valence-electron chi connectivity index (χ0n) is 7.51. The minimum Gasteiger partial charge on any atom is -0.488 e. The van der Waals surface area contributed by atoms with Gasteiger partial charge >= 0.3 is 0 Å². The fourth-order valence-corrected chi connectivity index (χ4v) is 1.77. The topological polar surface area (TPSA) is 37.9 Å². The summed E-state index contributed by atoms with van der Waals surface area (Å²) in [7, 11) is 0. The van der Waals surface area contributed by atoms with Gasteiger partial charge in [0, 0.05) is 10.5 Å². The summed E-state index contributed by atoms with van der Waals surface area (Å²) in [5.74, 6) is 0.388. The Hall–Kier alpha value is -1.17. The van der Waals surface area contributed by atoms with E-state index in [1.54, 1.807) is 12.1 Å². The van der Waals surface area contributed by atoms with E-state index >= 15 is 0 Å². The second-order valence-electron chi connectivity index (χ2n) is 2.91. The van der Waals surface area contributed by atoms with Crippen LogP contribution in [0.3, 0.4) is 0 Å². The molecule has 0 spiro atoms. The molecular weight excluding hydrogens is 270 g/mol. The third-order valence-corrected chi connectivity index (χ3v) is 2.43. The maximum absolute atomic E-state index is 11.9. The van der Waals surface area contributed by atoms with Crippen molar-refractivity contribution < 1.29 is 13.5 Å². The molecule has 80 valence electrons. The Morgan fingerprint density at radius 2 is 2.27 bits per heavy atom. The quantitative estimate of drug-likeness (QED) is 0.936. The molecule has 6 heteroatoms. The van der Waals surface area contributed by atoms with Gasteiger partial charge in [0.25, 0.3) is 6.43 Å². The number of hydrogen-bond acceptors (Lipinski definition) is 2. The van der Waals surface area contributed by atoms with Crippen molar-refractivity contribution >= 4 is 27.0 Å². The summed E-state index contributed by atoms with van der Waals surface area (Å²) in [6.45, 7) is -0.605. The molecular formula is C9H7BrF2N2O. The molecule has 0 amide bonds. The maximum Gasteiger partial charge on any atom is 0.272 e. The van der Waals surface area contributed by atoms with Crippen LogP contribution in [0, 0.1) is 0 Å². The number of fused-ring (bicyclic) bond motifs is 1. The second-order valence-corrected chi connectivity index (χ2v) is 3.76. The molecule has 0 atom stereocenters. The lowest BCUT2D eigenvalue weighted by Gasteiger charge is -2.05. The number of halogens is 3. The first-order chi connectivity index (χ1) is 7.16. The summed E-state index contributed by atoms with van der Waals surface area (Å²) in [5.41, 5.74) is 1.49. The molecule has 0 radical (unpaired) electrons. The van der Waals surface area contributed by atoms with E-state index in [0.29, 0.717) is 10.2 Å². The van der Waals surface area contributed by atoms with Crippen LogP contribution in [0.5, 0.6) is 5.75 Å². The highest BCUT2D eigenvalue weighted by Gasteiger charge is 2.07. The first kappa shape index (κ1) is 10.4. The summed E-state index contributed by atoms with van der Waals surface area (Å²) < 4.78 is 29.4. The highest BCUT2D eigenvalue weighted by Crippen LogP contribution is 2.27. The molecule has 0 fully saturated rings. The molecule has 15 heavy (non-hydrogen) atoms. The lowest BCUT2D eigenvalue weighted by molar-refractivity contribution is 0.0819. The van der Waals surface area contributed by atoms with E-state index in [9.17, 15) is 8.78 Å². The van der Waals surface area contributed by atoms with Crippen molar-refractivity contribution in [2.24, 2.45) is 0 Å². The number of nitrogens with one attached hydrogen (secondary N) is 1. The predicted octanol–water partition coefficient (Wildman–Crippen LogP) is 2.97. The number of aromatic amines is 1. The van der Waals surface area contributed by atoms with E-state index in [1.807, 2.05) is 0 Å². The molecule has 0 saturated carbocycles. The fourth-order valence-electron chi connectivity index (χ4n) is 1.22. The molecule has 0 saturated heterocycles. The predicted molar refractivity (Wildman–Crippen MR) is 55.3 cm³/mol. The molecule has 0 bridgehead atoms. The van der Waals surface area contributed by atoms with Crippen molar-refractivity contribution in [3.05, 3.63) is 22.9 Å². The van der Waals surface area contributed by atoms with Crippen LogP contribution in [0.4, 0.5) is 8.78 Å². The Morgan fingerprint density at radius 3 is 3.00 bits per heavy atom. The van der Waals surface area contributed by atoms with Crippen LogP contribution < -0.4 is 4.74 Å². The van der Waals surface area contributed by atoms with Crippen molar-refractivity contribution in [3.8, 4) is 5.75 Å². The average Bonchev–Trinajstić information content (AvgIpc) is 2.63. The number of nitrogens with zero attached hydrogens (tertiary/aromatic N) is 1. The molecule has 1 aromatic heterocycles. The third kappa shape index (κ3) is 2.26. The number of aromatic nitrogens is 2. The number of benzene rings is 1. The minimum atomic E-state index is -2.47. The van der Waals surface area contributed by atoms with E-state index in [2.05, 4.69) is 25.9 Å². The summed E-state index contributed by atoms with van der Waals surface area (Å²) in [5, 5.41) is 0. The van der Waals surface area contributed by atoms with Gasteiger partial charge in [0.2, 0.25) is 0 Å². The van der Waals surface area contributed by atoms with Gasteiger partial charge < -0.3 is 9.72 Å². The van der Waals surface area contributed by atoms with Gasteiger partial charge in [-0.3, -0.25) is 0 Å². The SMILES string of the molecule is FC(F)COc1cc(Br)c2nc[nH]c2c1. The monoisotopic (exact) mass is 276 g/mol. The molecule has 2 aromatic rings. The fraction of sp³-hybridized carbons (Fsp3) is 0.222. The number of alkyl halides is 2. The smallest absolute Gasteiger partial charge is 0.272 e. The lowest BCUT2D eigenvalue weighted by atomic mass is 10.3. The van der Waals surface area contributed by atoms with Gasteiger partial charge in [-0.15, -0.1) is 0 Å². The third-order valence-electron chi connectivity index (χ3n) is 1.83. The minimum absolute atomic E-state index is 0.388. The van der Waals surface area contributed by atoms with E-state index < -0.39 is 13.0 Å². The lowest BCUT2D eigenvalue weighted by Crippen LogP contribution is -2.06. The standard InChI is InChI=1S/C9H7BrF2N2O/c10-6-1-5(15-3-8(11)12)2-7-9(6)14-4-13-7/h1-2,4,8H,3H2,(H,13,14). The molecule has 0 unspecified atom stereocenters. The Kier molecular flexibility index (Phi) is 2.86. The molecule has 0 aliphatic heterocycles. The first-order valence-corrected chi connectivity index (χ1v) is 4.99. The van der Waals surface area contributed by atoms with E-state index in [1.165, 1.54) is 6.33 Å². The highest BCUT2D eigenvalue weighted by molar-refractivity contribution is 9.10. The van der Waals surface area contributed by atoms with Crippen LogP contribution in [-0.4, -0.2) is 23.0 Å². The summed E-state index contributed by atoms with van der Waals surface area (Å²) in [6, 6.07) is 3.25. The number of imidazole rings is 1. The molecule has 2 rings (SSSR count). The Labute approximate surface area is 92.6 Å². The number of ether oxygens (including phenoxy) is 1. The Morgan fingerprint density at radius 1 is 1.47 bits per heavy atom. The van der Waals surface area contributed by atoms with Crippen LogP contribution in [0.25, 0.3) is 11.0 Å². The molecule has 1 aromatic carbocycles. The van der Waals surface area contributed by atoms with E-state index in [0.717, 1.165) is 11.0 Å². The zero-order valence-corrected chi connectivity index (χ0v) is 9.09. The van der Waals surface area contributed by atoms with Gasteiger partial charge in [0.1, 0.15) is 17.9 Å². The van der Waals surface area contributed by atoms with Crippen LogP contribution in [-0.2, 0) is 0 Å². The largest absolute Gasteiger partial charge is 0.488 e. The van der Waals surface area contributed by atoms with E-state index in [4.69, 9.17) is 4.74 Å². The van der Waals surface area contributed by atoms with Crippen LogP contribution in [0.2, 0.25) is 0 Å². The van der Waals surface area contributed by atoms with Gasteiger partial charge in [-0.05, 0) is 22.0 Å². The molecule has 1 N–H and O–H groups in total. The summed E-state index contributed by atoms with van der Waals surface area (Å²) in [4.78, 5) is 6.93. The average molecular weight is 277 g/mol. The van der Waals surface area contributed by atoms with Gasteiger partial charge in [-0.2, -0.15) is 0 Å². The van der Waals surface area contributed by atoms with Crippen molar-refractivity contribution in [2.45, 2.75) is 6.43 Å². The zero-order chi connectivity index (χ0) is 10.8. The number of H-pyrrole nitrogens is 1. The van der Waals surface area contributed by atoms with Crippen molar-refractivity contribution in [3.63, 3.8) is 0 Å². The van der Waals surface area contributed by atoms with Crippen LogP contribution in [0.15, 0.2) is 22.9 Å². The first-order valence-electron chi connectivity index (χ1n) is 4.20. The Bertz CT molecular complexity index is 472. The second kappa shape index (κ2) is 4.14. The number of hydrogen-bond donors (Lipinski definition) is 1. The highest BCUT2D eigenvalue weighted by atomic mass is 79.9. The van der Waals surface area contributed by atoms with Gasteiger partial charge in [0.05, 0.1) is 11.8 Å². The number of rotatable bonds is 3. The van der Waals surface area contributed by atoms with Crippen LogP contribution in [0.1, 0.15) is 0 Å². The van der Waals surface area contributed by atoms with Crippen LogP contribution >= 0.6 is 15.9 Å². The molecule has 1 heterocycles.